The first-order chi connectivity index (χ1) is 9.22. The number of ether oxygens (including phenoxy) is 1. The zero-order chi connectivity index (χ0) is 13.7. The highest BCUT2D eigenvalue weighted by Crippen LogP contribution is 2.17. The highest BCUT2D eigenvalue weighted by Gasteiger charge is 2.09. The molecule has 0 atom stereocenters. The second-order valence-corrected chi connectivity index (χ2v) is 4.08. The van der Waals surface area contributed by atoms with E-state index in [0.29, 0.717) is 11.7 Å². The molecule has 5 heteroatoms. The van der Waals surface area contributed by atoms with Gasteiger partial charge in [0, 0.05) is 12.1 Å². The lowest BCUT2D eigenvalue weighted by Crippen LogP contribution is -2.33. The molecule has 0 amide bonds. The normalized spacial score (nSPS) is 10.9. The van der Waals surface area contributed by atoms with Crippen LogP contribution in [-0.2, 0) is 13.5 Å². The van der Waals surface area contributed by atoms with Crippen molar-refractivity contribution < 1.29 is 9.42 Å². The molecular weight excluding hydrogens is 240 g/mol. The molecule has 2 rings (SSSR count). The van der Waals surface area contributed by atoms with Crippen LogP contribution in [0.25, 0.3) is 0 Å². The van der Waals surface area contributed by atoms with Gasteiger partial charge >= 0.3 is 5.82 Å². The van der Waals surface area contributed by atoms with E-state index in [1.165, 1.54) is 5.56 Å². The summed E-state index contributed by atoms with van der Waals surface area (Å²) in [5.74, 6) is 1.22. The Hall–Kier alpha value is -2.30. The predicted molar refractivity (Wildman–Crippen MR) is 72.0 cm³/mol. The number of aromatic nitrogens is 2. The molecule has 0 saturated heterocycles. The van der Waals surface area contributed by atoms with E-state index in [1.807, 2.05) is 18.2 Å². The Morgan fingerprint density at radius 1 is 1.11 bits per heavy atom. The Morgan fingerprint density at radius 2 is 1.84 bits per heavy atom. The van der Waals surface area contributed by atoms with Crippen LogP contribution in [0, 0.1) is 0 Å². The fourth-order valence-electron chi connectivity index (χ4n) is 1.60. The van der Waals surface area contributed by atoms with E-state index in [4.69, 9.17) is 4.74 Å². The molecule has 0 aliphatic heterocycles. The summed E-state index contributed by atoms with van der Waals surface area (Å²) in [6.45, 7) is 2.12. The summed E-state index contributed by atoms with van der Waals surface area (Å²) >= 11 is 0. The molecule has 0 spiro atoms. The average Bonchev–Trinajstić information content (AvgIpc) is 2.46. The second kappa shape index (κ2) is 6.04. The number of hydrogen-bond donors (Lipinski definition) is 0. The van der Waals surface area contributed by atoms with Crippen molar-refractivity contribution in [2.75, 3.05) is 7.11 Å². The first kappa shape index (κ1) is 13.1. The summed E-state index contributed by atoms with van der Waals surface area (Å²) in [5.41, 5.74) is 2.11. The Balaban J connectivity index is 2.17. The summed E-state index contributed by atoms with van der Waals surface area (Å²) in [7, 11) is 3.38. The molecule has 1 heterocycles. The molecule has 0 aliphatic carbocycles. The molecule has 1 aromatic carbocycles. The van der Waals surface area contributed by atoms with Crippen LogP contribution in [0.5, 0.6) is 5.88 Å². The van der Waals surface area contributed by atoms with Crippen LogP contribution in [0.2, 0.25) is 0 Å². The van der Waals surface area contributed by atoms with Gasteiger partial charge in [-0.25, -0.2) is 0 Å². The Labute approximate surface area is 112 Å². The van der Waals surface area contributed by atoms with Crippen molar-refractivity contribution >= 4 is 11.5 Å². The third kappa shape index (κ3) is 3.34. The quantitative estimate of drug-likeness (QED) is 0.624. The van der Waals surface area contributed by atoms with Gasteiger partial charge in [0.05, 0.1) is 12.2 Å². The van der Waals surface area contributed by atoms with Crippen LogP contribution < -0.4 is 9.42 Å². The fourth-order valence-corrected chi connectivity index (χ4v) is 1.60. The maximum Gasteiger partial charge on any atom is 0.370 e. The Bertz CT molecular complexity index is 578. The molecule has 0 saturated carbocycles. The molecule has 2 aromatic rings. The average molecular weight is 257 g/mol. The molecule has 0 bridgehead atoms. The maximum atomic E-state index is 5.03. The predicted octanol–water partition coefficient (Wildman–Crippen LogP) is 2.89. The highest BCUT2D eigenvalue weighted by atomic mass is 16.5. The molecule has 0 fully saturated rings. The minimum Gasteiger partial charge on any atom is -0.479 e. The standard InChI is InChI=1S/C14H17N4O/c1-4-11-5-7-12(8-6-11)15-16-13-9-10-14(19-3)17-18(13)2/h5-10H,4H2,1-3H3/q+1. The summed E-state index contributed by atoms with van der Waals surface area (Å²) in [5, 5.41) is 12.5. The third-order valence-corrected chi connectivity index (χ3v) is 2.78. The summed E-state index contributed by atoms with van der Waals surface area (Å²) in [6.07, 6.45) is 1.02. The number of rotatable bonds is 4. The van der Waals surface area contributed by atoms with Crippen molar-refractivity contribution in [2.45, 2.75) is 13.3 Å². The van der Waals surface area contributed by atoms with Crippen LogP contribution in [0.1, 0.15) is 12.5 Å². The zero-order valence-electron chi connectivity index (χ0n) is 11.4. The van der Waals surface area contributed by atoms with E-state index in [2.05, 4.69) is 34.4 Å². The molecule has 1 aromatic heterocycles. The van der Waals surface area contributed by atoms with E-state index in [1.54, 1.807) is 24.9 Å². The van der Waals surface area contributed by atoms with Gasteiger partial charge < -0.3 is 4.74 Å². The zero-order valence-corrected chi connectivity index (χ0v) is 11.4. The van der Waals surface area contributed by atoms with Crippen LogP contribution >= 0.6 is 0 Å². The first-order valence-electron chi connectivity index (χ1n) is 6.15. The van der Waals surface area contributed by atoms with Crippen molar-refractivity contribution in [3.8, 4) is 5.88 Å². The maximum absolute atomic E-state index is 5.03. The van der Waals surface area contributed by atoms with Gasteiger partial charge in [0.2, 0.25) is 0 Å². The molecule has 0 N–H and O–H groups in total. The van der Waals surface area contributed by atoms with Crippen LogP contribution in [0.3, 0.4) is 0 Å². The van der Waals surface area contributed by atoms with Crippen molar-refractivity contribution in [1.29, 1.82) is 0 Å². The van der Waals surface area contributed by atoms with Gasteiger partial charge in [0.15, 0.2) is 0 Å². The van der Waals surface area contributed by atoms with Crippen LogP contribution in [-0.4, -0.2) is 12.2 Å². The second-order valence-electron chi connectivity index (χ2n) is 4.08. The van der Waals surface area contributed by atoms with Gasteiger partial charge in [-0.1, -0.05) is 19.1 Å². The summed E-state index contributed by atoms with van der Waals surface area (Å²) < 4.78 is 6.66. The van der Waals surface area contributed by atoms with E-state index < -0.39 is 0 Å². The minimum absolute atomic E-state index is 0.550. The van der Waals surface area contributed by atoms with Crippen molar-refractivity contribution in [3.05, 3.63) is 42.0 Å². The Kier molecular flexibility index (Phi) is 4.18. The van der Waals surface area contributed by atoms with Gasteiger partial charge in [-0.05, 0) is 34.3 Å². The molecular formula is C14H17N4O+. The van der Waals surface area contributed by atoms with E-state index in [0.717, 1.165) is 12.1 Å². The lowest BCUT2D eigenvalue weighted by Gasteiger charge is -1.97. The lowest BCUT2D eigenvalue weighted by atomic mass is 10.2. The van der Waals surface area contributed by atoms with Crippen molar-refractivity contribution in [2.24, 2.45) is 17.3 Å². The number of nitrogens with zero attached hydrogens (tertiary/aromatic N) is 4. The summed E-state index contributed by atoms with van der Waals surface area (Å²) in [4.78, 5) is 0. The highest BCUT2D eigenvalue weighted by molar-refractivity contribution is 5.38. The van der Waals surface area contributed by atoms with E-state index in [9.17, 15) is 0 Å². The molecule has 0 aliphatic rings. The molecule has 19 heavy (non-hydrogen) atoms. The fraction of sp³-hybridized carbons (Fsp3) is 0.286. The van der Waals surface area contributed by atoms with E-state index in [-0.39, 0.29) is 0 Å². The SMILES string of the molecule is CCc1ccc(N=Nc2ccc(OC)n[n+]2C)cc1. The van der Waals surface area contributed by atoms with E-state index >= 15 is 0 Å². The monoisotopic (exact) mass is 257 g/mol. The summed E-state index contributed by atoms with van der Waals surface area (Å²) in [6, 6.07) is 11.6. The van der Waals surface area contributed by atoms with Crippen molar-refractivity contribution in [3.63, 3.8) is 0 Å². The number of methoxy groups -OCH3 is 1. The molecule has 5 nitrogen and oxygen atoms in total. The van der Waals surface area contributed by atoms with Gasteiger partial charge in [-0.15, -0.1) is 4.68 Å². The van der Waals surface area contributed by atoms with Gasteiger partial charge in [0.25, 0.3) is 5.88 Å². The number of hydrogen-bond acceptors (Lipinski definition) is 4. The third-order valence-electron chi connectivity index (χ3n) is 2.78. The smallest absolute Gasteiger partial charge is 0.370 e. The number of azo groups is 1. The van der Waals surface area contributed by atoms with Gasteiger partial charge in [-0.2, -0.15) is 0 Å². The van der Waals surface area contributed by atoms with Gasteiger partial charge in [-0.3, -0.25) is 0 Å². The minimum atomic E-state index is 0.550. The molecule has 0 radical (unpaired) electrons. The van der Waals surface area contributed by atoms with Crippen LogP contribution in [0.4, 0.5) is 11.5 Å². The topological polar surface area (TPSA) is 50.7 Å². The number of aryl methyl sites for hydroxylation is 2. The van der Waals surface area contributed by atoms with Crippen molar-refractivity contribution in [1.82, 2.24) is 5.10 Å². The Morgan fingerprint density at radius 3 is 2.42 bits per heavy atom. The largest absolute Gasteiger partial charge is 0.479 e. The number of benzene rings is 1. The lowest BCUT2D eigenvalue weighted by molar-refractivity contribution is -0.718. The molecule has 0 unspecified atom stereocenters. The van der Waals surface area contributed by atoms with Gasteiger partial charge in [0.1, 0.15) is 12.7 Å². The first-order valence-corrected chi connectivity index (χ1v) is 6.15. The van der Waals surface area contributed by atoms with Crippen LogP contribution in [0.15, 0.2) is 46.6 Å². The molecule has 98 valence electrons.